The van der Waals surface area contributed by atoms with Gasteiger partial charge in [0.05, 0.1) is 24.1 Å². The molecule has 4 nitrogen and oxygen atoms in total. The molecule has 19 heavy (non-hydrogen) atoms. The van der Waals surface area contributed by atoms with E-state index in [2.05, 4.69) is 11.4 Å². The number of ether oxygens (including phenoxy) is 1. The van der Waals surface area contributed by atoms with E-state index < -0.39 is 11.5 Å². The second kappa shape index (κ2) is 5.41. The minimum Gasteiger partial charge on any atom is -0.465 e. The maximum Gasteiger partial charge on any atom is 0.323 e. The van der Waals surface area contributed by atoms with Crippen molar-refractivity contribution in [2.45, 2.75) is 32.4 Å². The molecule has 1 aromatic rings. The van der Waals surface area contributed by atoms with Crippen molar-refractivity contribution < 1.29 is 9.53 Å². The highest BCUT2D eigenvalue weighted by Gasteiger charge is 2.47. The van der Waals surface area contributed by atoms with Crippen LogP contribution < -0.4 is 5.32 Å². The third kappa shape index (κ3) is 2.61. The molecule has 0 bridgehead atoms. The van der Waals surface area contributed by atoms with Crippen molar-refractivity contribution in [3.05, 3.63) is 35.9 Å². The van der Waals surface area contributed by atoms with Crippen molar-refractivity contribution in [1.29, 1.82) is 5.26 Å². The number of hydrogen-bond donors (Lipinski definition) is 1. The number of carbonyl (C=O) groups excluding carboxylic acids is 1. The molecular weight excluding hydrogens is 240 g/mol. The molecule has 100 valence electrons. The van der Waals surface area contributed by atoms with E-state index in [1.807, 2.05) is 37.3 Å². The van der Waals surface area contributed by atoms with Crippen LogP contribution in [-0.2, 0) is 9.53 Å². The Morgan fingerprint density at radius 2 is 2.21 bits per heavy atom. The lowest BCUT2D eigenvalue weighted by Gasteiger charge is -2.23. The van der Waals surface area contributed by atoms with Crippen molar-refractivity contribution in [2.24, 2.45) is 5.41 Å². The summed E-state index contributed by atoms with van der Waals surface area (Å²) in [7, 11) is 0. The van der Waals surface area contributed by atoms with Gasteiger partial charge in [0, 0.05) is 0 Å². The fraction of sp³-hybridized carbons (Fsp3) is 0.467. The van der Waals surface area contributed by atoms with Crippen LogP contribution in [0, 0.1) is 16.7 Å². The zero-order chi connectivity index (χ0) is 13.9. The van der Waals surface area contributed by atoms with Crippen LogP contribution in [0.4, 0.5) is 0 Å². The standard InChI is InChI=1S/C15H18N2O2/c1-3-19-14(18)12-9-15(2,10-16)13(17-12)11-7-5-4-6-8-11/h4-8,12-13,17H,3,9H2,1-2H3/t12?,13?,15-/m1/s1. The first-order chi connectivity index (χ1) is 9.10. The van der Waals surface area contributed by atoms with Gasteiger partial charge in [0.15, 0.2) is 0 Å². The maximum atomic E-state index is 11.8. The van der Waals surface area contributed by atoms with Crippen LogP contribution in [0.5, 0.6) is 0 Å². The van der Waals surface area contributed by atoms with Gasteiger partial charge in [-0.15, -0.1) is 0 Å². The highest BCUT2D eigenvalue weighted by Crippen LogP contribution is 2.43. The SMILES string of the molecule is CCOC(=O)C1C[C@](C)(C#N)C(c2ccccc2)N1. The predicted octanol–water partition coefficient (Wildman–Crippen LogP) is 2.18. The van der Waals surface area contributed by atoms with E-state index in [1.54, 1.807) is 6.92 Å². The van der Waals surface area contributed by atoms with Crippen molar-refractivity contribution >= 4 is 5.97 Å². The average molecular weight is 258 g/mol. The lowest BCUT2D eigenvalue weighted by Crippen LogP contribution is -2.34. The first-order valence-electron chi connectivity index (χ1n) is 6.49. The molecule has 1 fully saturated rings. The molecule has 0 aliphatic carbocycles. The van der Waals surface area contributed by atoms with Gasteiger partial charge >= 0.3 is 5.97 Å². The van der Waals surface area contributed by atoms with Crippen LogP contribution in [-0.4, -0.2) is 18.6 Å². The summed E-state index contributed by atoms with van der Waals surface area (Å²) >= 11 is 0. The third-order valence-electron chi connectivity index (χ3n) is 3.59. The number of benzene rings is 1. The summed E-state index contributed by atoms with van der Waals surface area (Å²) in [4.78, 5) is 11.8. The van der Waals surface area contributed by atoms with Crippen LogP contribution >= 0.6 is 0 Å². The number of nitrogens with zero attached hydrogens (tertiary/aromatic N) is 1. The van der Waals surface area contributed by atoms with E-state index in [0.717, 1.165) is 5.56 Å². The molecule has 0 aromatic heterocycles. The molecule has 2 unspecified atom stereocenters. The molecule has 1 heterocycles. The number of carbonyl (C=O) groups is 1. The average Bonchev–Trinajstić information content (AvgIpc) is 2.79. The number of hydrogen-bond acceptors (Lipinski definition) is 4. The van der Waals surface area contributed by atoms with E-state index in [4.69, 9.17) is 4.74 Å². The molecule has 1 aliphatic rings. The molecule has 0 spiro atoms. The minimum absolute atomic E-state index is 0.145. The Hall–Kier alpha value is -1.86. The molecule has 2 rings (SSSR count). The highest BCUT2D eigenvalue weighted by atomic mass is 16.5. The molecule has 1 aliphatic heterocycles. The normalized spacial score (nSPS) is 29.7. The highest BCUT2D eigenvalue weighted by molar-refractivity contribution is 5.76. The second-order valence-electron chi connectivity index (χ2n) is 5.05. The zero-order valence-corrected chi connectivity index (χ0v) is 11.2. The molecule has 1 N–H and O–H groups in total. The van der Waals surface area contributed by atoms with E-state index >= 15 is 0 Å². The van der Waals surface area contributed by atoms with Crippen molar-refractivity contribution in [3.8, 4) is 6.07 Å². The first kappa shape index (κ1) is 13.6. The summed E-state index contributed by atoms with van der Waals surface area (Å²) in [5.74, 6) is -0.276. The van der Waals surface area contributed by atoms with E-state index in [1.165, 1.54) is 0 Å². The Kier molecular flexibility index (Phi) is 3.87. The number of nitriles is 1. The zero-order valence-electron chi connectivity index (χ0n) is 11.2. The summed E-state index contributed by atoms with van der Waals surface area (Å²) in [5.41, 5.74) is 0.428. The van der Waals surface area contributed by atoms with Gasteiger partial charge in [-0.1, -0.05) is 30.3 Å². The lowest BCUT2D eigenvalue weighted by atomic mass is 9.80. The summed E-state index contributed by atoms with van der Waals surface area (Å²) in [6.45, 7) is 4.03. The van der Waals surface area contributed by atoms with Gasteiger partial charge in [0.2, 0.25) is 0 Å². The van der Waals surface area contributed by atoms with Crippen LogP contribution in [0.25, 0.3) is 0 Å². The van der Waals surface area contributed by atoms with Crippen LogP contribution in [0.3, 0.4) is 0 Å². The van der Waals surface area contributed by atoms with Gasteiger partial charge in [-0.25, -0.2) is 0 Å². The van der Waals surface area contributed by atoms with Crippen LogP contribution in [0.2, 0.25) is 0 Å². The van der Waals surface area contributed by atoms with Crippen molar-refractivity contribution in [2.75, 3.05) is 6.61 Å². The number of nitrogens with one attached hydrogen (secondary N) is 1. The molecule has 1 saturated heterocycles. The van der Waals surface area contributed by atoms with Gasteiger partial charge in [-0.05, 0) is 25.8 Å². The summed E-state index contributed by atoms with van der Waals surface area (Å²) in [6.07, 6.45) is 0.474. The Balaban J connectivity index is 2.24. The lowest BCUT2D eigenvalue weighted by molar-refractivity contribution is -0.145. The molecule has 1 aromatic carbocycles. The fourth-order valence-electron chi connectivity index (χ4n) is 2.60. The van der Waals surface area contributed by atoms with Crippen molar-refractivity contribution in [3.63, 3.8) is 0 Å². The topological polar surface area (TPSA) is 62.1 Å². The largest absolute Gasteiger partial charge is 0.465 e. The molecular formula is C15H18N2O2. The molecule has 3 atom stereocenters. The first-order valence-corrected chi connectivity index (χ1v) is 6.49. The monoisotopic (exact) mass is 258 g/mol. The Bertz CT molecular complexity index is 495. The smallest absolute Gasteiger partial charge is 0.323 e. The van der Waals surface area contributed by atoms with Gasteiger partial charge in [-0.2, -0.15) is 5.26 Å². The molecule has 0 saturated carbocycles. The van der Waals surface area contributed by atoms with Crippen molar-refractivity contribution in [1.82, 2.24) is 5.32 Å². The van der Waals surface area contributed by atoms with Gasteiger partial charge in [-0.3, -0.25) is 10.1 Å². The summed E-state index contributed by atoms with van der Waals surface area (Å²) in [5, 5.41) is 12.7. The van der Waals surface area contributed by atoms with Gasteiger partial charge in [0.1, 0.15) is 6.04 Å². The van der Waals surface area contributed by atoms with Gasteiger partial charge < -0.3 is 4.74 Å². The fourth-order valence-corrected chi connectivity index (χ4v) is 2.60. The third-order valence-corrected chi connectivity index (χ3v) is 3.59. The minimum atomic E-state index is -0.598. The molecule has 0 amide bonds. The number of esters is 1. The summed E-state index contributed by atoms with van der Waals surface area (Å²) in [6, 6.07) is 11.5. The Morgan fingerprint density at radius 3 is 2.79 bits per heavy atom. The predicted molar refractivity (Wildman–Crippen MR) is 71.1 cm³/mol. The molecule has 4 heteroatoms. The maximum absolute atomic E-state index is 11.8. The second-order valence-corrected chi connectivity index (χ2v) is 5.05. The van der Waals surface area contributed by atoms with E-state index in [-0.39, 0.29) is 12.0 Å². The van der Waals surface area contributed by atoms with E-state index in [0.29, 0.717) is 13.0 Å². The Labute approximate surface area is 113 Å². The summed E-state index contributed by atoms with van der Waals surface area (Å²) < 4.78 is 5.04. The molecule has 0 radical (unpaired) electrons. The van der Waals surface area contributed by atoms with Crippen LogP contribution in [0.1, 0.15) is 31.9 Å². The quantitative estimate of drug-likeness (QED) is 0.844. The number of rotatable bonds is 3. The van der Waals surface area contributed by atoms with Gasteiger partial charge in [0.25, 0.3) is 0 Å². The Morgan fingerprint density at radius 1 is 1.53 bits per heavy atom. The van der Waals surface area contributed by atoms with Crippen LogP contribution in [0.15, 0.2) is 30.3 Å². The van der Waals surface area contributed by atoms with E-state index in [9.17, 15) is 10.1 Å².